The van der Waals surface area contributed by atoms with Gasteiger partial charge < -0.3 is 4.90 Å². The fourth-order valence-corrected chi connectivity index (χ4v) is 6.36. The van der Waals surface area contributed by atoms with Gasteiger partial charge in [0.25, 0.3) is 0 Å². The summed E-state index contributed by atoms with van der Waals surface area (Å²) in [7, 11) is 0. The molecule has 0 unspecified atom stereocenters. The number of fused-ring (bicyclic) bond motifs is 3. The highest BCUT2D eigenvalue weighted by Gasteiger charge is 2.26. The van der Waals surface area contributed by atoms with Crippen LogP contribution in [-0.2, 0) is 19.4 Å². The minimum atomic E-state index is 0.807. The van der Waals surface area contributed by atoms with E-state index >= 15 is 0 Å². The molecule has 0 radical (unpaired) electrons. The summed E-state index contributed by atoms with van der Waals surface area (Å²) < 4.78 is 0.882. The van der Waals surface area contributed by atoms with E-state index in [1.165, 1.54) is 40.7 Å². The summed E-state index contributed by atoms with van der Waals surface area (Å²) in [6, 6.07) is 8.17. The first kappa shape index (κ1) is 21.1. The molecule has 1 aliphatic heterocycles. The van der Waals surface area contributed by atoms with Crippen LogP contribution in [0.4, 0.5) is 5.82 Å². The molecule has 0 aromatic carbocycles. The highest BCUT2D eigenvalue weighted by Crippen LogP contribution is 2.41. The molecule has 6 nitrogen and oxygen atoms in total. The number of halogens is 1. The summed E-state index contributed by atoms with van der Waals surface area (Å²) in [5.74, 6) is 1.93. The third kappa shape index (κ3) is 4.27. The van der Waals surface area contributed by atoms with E-state index < -0.39 is 0 Å². The highest BCUT2D eigenvalue weighted by atomic mass is 79.9. The van der Waals surface area contributed by atoms with E-state index in [1.807, 2.05) is 48.1 Å². The maximum atomic E-state index is 5.15. The van der Waals surface area contributed by atoms with Crippen molar-refractivity contribution in [1.29, 1.82) is 0 Å². The fourth-order valence-electron chi connectivity index (χ4n) is 4.87. The van der Waals surface area contributed by atoms with Gasteiger partial charge in [-0.1, -0.05) is 6.07 Å². The molecule has 1 saturated heterocycles. The number of hydrogen-bond acceptors (Lipinski definition) is 7. The Morgan fingerprint density at radius 3 is 2.55 bits per heavy atom. The number of thiophene rings is 1. The molecule has 2 aliphatic rings. The third-order valence-corrected chi connectivity index (χ3v) is 8.26. The molecule has 6 rings (SSSR count). The van der Waals surface area contributed by atoms with Gasteiger partial charge in [0.05, 0.1) is 5.39 Å². The van der Waals surface area contributed by atoms with E-state index in [0.29, 0.717) is 0 Å². The lowest BCUT2D eigenvalue weighted by molar-refractivity contribution is 0.249. The molecule has 0 N–H and O–H groups in total. The Bertz CT molecular complexity index is 1270. The van der Waals surface area contributed by atoms with E-state index in [4.69, 9.17) is 9.97 Å². The van der Waals surface area contributed by atoms with Crippen LogP contribution in [0.5, 0.6) is 0 Å². The van der Waals surface area contributed by atoms with Crippen LogP contribution in [0.1, 0.15) is 28.8 Å². The molecule has 1 fully saturated rings. The monoisotopic (exact) mass is 520 g/mol. The van der Waals surface area contributed by atoms with Crippen LogP contribution in [0, 0.1) is 0 Å². The molecule has 0 spiro atoms. The Labute approximate surface area is 205 Å². The molecule has 4 aromatic heterocycles. The second kappa shape index (κ2) is 9.08. The lowest BCUT2D eigenvalue weighted by atomic mass is 9.96. The zero-order valence-corrected chi connectivity index (χ0v) is 20.8. The predicted molar refractivity (Wildman–Crippen MR) is 137 cm³/mol. The van der Waals surface area contributed by atoms with Crippen molar-refractivity contribution in [3.8, 4) is 11.4 Å². The number of pyridine rings is 2. The molecular formula is C25H25BrN6S. The van der Waals surface area contributed by atoms with E-state index in [0.717, 1.165) is 65.8 Å². The fraction of sp³-hybridized carbons (Fsp3) is 0.360. The van der Waals surface area contributed by atoms with Crippen LogP contribution >= 0.6 is 27.3 Å². The van der Waals surface area contributed by atoms with Crippen LogP contribution in [0.2, 0.25) is 0 Å². The van der Waals surface area contributed by atoms with Gasteiger partial charge in [0, 0.05) is 61.8 Å². The smallest absolute Gasteiger partial charge is 0.163 e. The minimum absolute atomic E-state index is 0.807. The van der Waals surface area contributed by atoms with Crippen LogP contribution in [0.15, 0.2) is 47.5 Å². The Balaban J connectivity index is 1.31. The van der Waals surface area contributed by atoms with Crippen molar-refractivity contribution < 1.29 is 0 Å². The topological polar surface area (TPSA) is 58.0 Å². The molecule has 0 amide bonds. The summed E-state index contributed by atoms with van der Waals surface area (Å²) in [6.07, 6.45) is 10.5. The van der Waals surface area contributed by atoms with E-state index in [9.17, 15) is 0 Å². The first-order valence-corrected chi connectivity index (χ1v) is 13.2. The largest absolute Gasteiger partial charge is 0.353 e. The number of rotatable bonds is 4. The zero-order chi connectivity index (χ0) is 22.2. The van der Waals surface area contributed by atoms with Crippen molar-refractivity contribution in [2.75, 3.05) is 31.1 Å². The van der Waals surface area contributed by atoms with Gasteiger partial charge in [0.15, 0.2) is 5.82 Å². The summed E-state index contributed by atoms with van der Waals surface area (Å²) in [5.41, 5.74) is 3.78. The van der Waals surface area contributed by atoms with Crippen LogP contribution in [0.25, 0.3) is 21.6 Å². The Hall–Kier alpha value is -2.42. The maximum Gasteiger partial charge on any atom is 0.163 e. The lowest BCUT2D eigenvalue weighted by Crippen LogP contribution is -2.46. The van der Waals surface area contributed by atoms with Crippen molar-refractivity contribution in [2.45, 2.75) is 32.2 Å². The molecule has 0 saturated carbocycles. The van der Waals surface area contributed by atoms with Gasteiger partial charge in [-0.05, 0) is 70.9 Å². The SMILES string of the molecule is Brc1ccc(CN2CCN(c3nc(-c4ccncc4)nc4sc5c(c34)CCCC5)CC2)cn1. The van der Waals surface area contributed by atoms with Gasteiger partial charge in [0.1, 0.15) is 15.3 Å². The average Bonchev–Trinajstić information content (AvgIpc) is 3.25. The Kier molecular flexibility index (Phi) is 5.82. The number of piperazine rings is 1. The molecule has 33 heavy (non-hydrogen) atoms. The molecule has 4 aromatic rings. The molecule has 8 heteroatoms. The van der Waals surface area contributed by atoms with Gasteiger partial charge in [-0.3, -0.25) is 9.88 Å². The van der Waals surface area contributed by atoms with Gasteiger partial charge in [-0.2, -0.15) is 0 Å². The maximum absolute atomic E-state index is 5.15. The third-order valence-electron chi connectivity index (χ3n) is 6.60. The second-order valence-corrected chi connectivity index (χ2v) is 10.6. The van der Waals surface area contributed by atoms with E-state index in [2.05, 4.69) is 41.8 Å². The van der Waals surface area contributed by atoms with Gasteiger partial charge in [-0.15, -0.1) is 11.3 Å². The first-order valence-electron chi connectivity index (χ1n) is 11.5. The van der Waals surface area contributed by atoms with E-state index in [-0.39, 0.29) is 0 Å². The number of aromatic nitrogens is 4. The van der Waals surface area contributed by atoms with Crippen LogP contribution < -0.4 is 4.90 Å². The Morgan fingerprint density at radius 1 is 0.939 bits per heavy atom. The van der Waals surface area contributed by atoms with Crippen molar-refractivity contribution in [2.24, 2.45) is 0 Å². The predicted octanol–water partition coefficient (Wildman–Crippen LogP) is 5.11. The van der Waals surface area contributed by atoms with Crippen molar-refractivity contribution in [1.82, 2.24) is 24.8 Å². The standard InChI is InChI=1S/C25H25BrN6S/c26-21-6-5-17(15-28-21)16-31-11-13-32(14-12-31)24-22-19-3-1-2-4-20(19)33-25(22)30-23(29-24)18-7-9-27-10-8-18/h5-10,15H,1-4,11-14,16H2. The van der Waals surface area contributed by atoms with Gasteiger partial charge in [-0.25, -0.2) is 15.0 Å². The number of anilines is 1. The summed E-state index contributed by atoms with van der Waals surface area (Å²) in [6.45, 7) is 4.90. The van der Waals surface area contributed by atoms with Gasteiger partial charge >= 0.3 is 0 Å². The quantitative estimate of drug-likeness (QED) is 0.348. The summed E-state index contributed by atoms with van der Waals surface area (Å²) in [5, 5.41) is 1.30. The van der Waals surface area contributed by atoms with Crippen LogP contribution in [-0.4, -0.2) is 51.0 Å². The van der Waals surface area contributed by atoms with E-state index in [1.54, 1.807) is 0 Å². The first-order chi connectivity index (χ1) is 16.2. The molecule has 0 atom stereocenters. The summed E-state index contributed by atoms with van der Waals surface area (Å²) in [4.78, 5) is 26.4. The molecule has 1 aliphatic carbocycles. The number of aryl methyl sites for hydroxylation is 2. The van der Waals surface area contributed by atoms with Gasteiger partial charge in [0.2, 0.25) is 0 Å². The second-order valence-electron chi connectivity index (χ2n) is 8.75. The van der Waals surface area contributed by atoms with Crippen LogP contribution in [0.3, 0.4) is 0 Å². The molecule has 5 heterocycles. The lowest BCUT2D eigenvalue weighted by Gasteiger charge is -2.36. The highest BCUT2D eigenvalue weighted by molar-refractivity contribution is 9.10. The average molecular weight is 521 g/mol. The van der Waals surface area contributed by atoms with Crippen molar-refractivity contribution >= 4 is 43.3 Å². The normalized spacial score (nSPS) is 16.8. The Morgan fingerprint density at radius 2 is 1.76 bits per heavy atom. The number of hydrogen-bond donors (Lipinski definition) is 0. The zero-order valence-electron chi connectivity index (χ0n) is 18.4. The molecule has 168 valence electrons. The van der Waals surface area contributed by atoms with Crippen molar-refractivity contribution in [3.63, 3.8) is 0 Å². The summed E-state index contributed by atoms with van der Waals surface area (Å²) >= 11 is 5.30. The molecular weight excluding hydrogens is 496 g/mol. The number of nitrogens with zero attached hydrogens (tertiary/aromatic N) is 6. The van der Waals surface area contributed by atoms with Crippen molar-refractivity contribution in [3.05, 3.63) is 63.5 Å². The molecule has 0 bridgehead atoms. The minimum Gasteiger partial charge on any atom is -0.353 e.